The number of H-pyrrole nitrogens is 1. The molecule has 1 aromatic heterocycles. The number of aromatic amines is 1. The topological polar surface area (TPSA) is 83.2 Å². The van der Waals surface area contributed by atoms with Crippen LogP contribution in [0.15, 0.2) is 60.8 Å². The van der Waals surface area contributed by atoms with Gasteiger partial charge in [0, 0.05) is 42.6 Å². The fraction of sp³-hybridized carbons (Fsp3) is 0.385. The molecule has 0 aliphatic carbocycles. The van der Waals surface area contributed by atoms with Crippen LogP contribution in [0, 0.1) is 5.92 Å². The molecule has 1 unspecified atom stereocenters. The highest BCUT2D eigenvalue weighted by Crippen LogP contribution is 2.19. The maximum absolute atomic E-state index is 12.9. The number of para-hydroxylation sites is 1. The summed E-state index contributed by atoms with van der Waals surface area (Å²) in [6.07, 6.45) is 3.94. The molecule has 1 atom stereocenters. The van der Waals surface area contributed by atoms with E-state index < -0.39 is 6.04 Å². The third kappa shape index (κ3) is 6.95. The minimum Gasteiger partial charge on any atom is -0.381 e. The maximum atomic E-state index is 12.9. The van der Waals surface area contributed by atoms with Crippen molar-refractivity contribution in [3.05, 3.63) is 71.9 Å². The first-order chi connectivity index (χ1) is 15.5. The van der Waals surface area contributed by atoms with Crippen LogP contribution in [-0.2, 0) is 27.2 Å². The average molecular weight is 436 g/mol. The lowest BCUT2D eigenvalue weighted by Gasteiger charge is -2.19. The number of rotatable bonds is 12. The van der Waals surface area contributed by atoms with Crippen LogP contribution < -0.4 is 10.6 Å². The van der Waals surface area contributed by atoms with E-state index in [1.165, 1.54) is 5.56 Å². The van der Waals surface area contributed by atoms with E-state index in [9.17, 15) is 9.59 Å². The van der Waals surface area contributed by atoms with Gasteiger partial charge in [0.15, 0.2) is 0 Å². The van der Waals surface area contributed by atoms with Gasteiger partial charge >= 0.3 is 0 Å². The Kier molecular flexibility index (Phi) is 8.87. The van der Waals surface area contributed by atoms with Crippen LogP contribution in [-0.4, -0.2) is 42.6 Å². The van der Waals surface area contributed by atoms with Crippen molar-refractivity contribution in [2.24, 2.45) is 5.92 Å². The molecule has 2 amide bonds. The number of carbonyl (C=O) groups excluding carboxylic acids is 2. The van der Waals surface area contributed by atoms with Crippen LogP contribution in [0.4, 0.5) is 0 Å². The van der Waals surface area contributed by atoms with Crippen molar-refractivity contribution in [3.8, 4) is 0 Å². The first kappa shape index (κ1) is 23.5. The van der Waals surface area contributed by atoms with Gasteiger partial charge in [-0.15, -0.1) is 0 Å². The number of hydrogen-bond acceptors (Lipinski definition) is 3. The smallest absolute Gasteiger partial charge is 0.242 e. The van der Waals surface area contributed by atoms with E-state index in [0.717, 1.165) is 29.3 Å². The normalized spacial score (nSPS) is 12.1. The number of amides is 2. The van der Waals surface area contributed by atoms with Crippen molar-refractivity contribution in [1.29, 1.82) is 0 Å². The summed E-state index contributed by atoms with van der Waals surface area (Å²) in [4.78, 5) is 28.4. The Bertz CT molecular complexity index is 998. The predicted octanol–water partition coefficient (Wildman–Crippen LogP) is 3.62. The standard InChI is InChI=1S/C26H33N3O3/c1-19(2)25(30)29-24(17-21-18-28-23-12-7-6-11-22(21)23)26(31)27-14-8-15-32-16-13-20-9-4-3-5-10-20/h3-7,9-12,18-19,24,28H,8,13-17H2,1-2H3,(H,27,31)(H,29,30). The third-order valence-electron chi connectivity index (χ3n) is 5.40. The zero-order chi connectivity index (χ0) is 22.8. The number of carbonyl (C=O) groups is 2. The van der Waals surface area contributed by atoms with E-state index in [2.05, 4.69) is 27.8 Å². The van der Waals surface area contributed by atoms with Crippen molar-refractivity contribution in [1.82, 2.24) is 15.6 Å². The number of nitrogens with one attached hydrogen (secondary N) is 3. The third-order valence-corrected chi connectivity index (χ3v) is 5.40. The van der Waals surface area contributed by atoms with Gasteiger partial charge < -0.3 is 20.4 Å². The number of ether oxygens (including phenoxy) is 1. The Labute approximate surface area is 189 Å². The van der Waals surface area contributed by atoms with E-state index in [4.69, 9.17) is 4.74 Å². The number of fused-ring (bicyclic) bond motifs is 1. The lowest BCUT2D eigenvalue weighted by atomic mass is 10.0. The van der Waals surface area contributed by atoms with Gasteiger partial charge in [-0.05, 0) is 30.0 Å². The second-order valence-electron chi connectivity index (χ2n) is 8.27. The molecule has 0 bridgehead atoms. The van der Waals surface area contributed by atoms with E-state index in [0.29, 0.717) is 26.2 Å². The van der Waals surface area contributed by atoms with Crippen LogP contribution >= 0.6 is 0 Å². The first-order valence-electron chi connectivity index (χ1n) is 11.3. The maximum Gasteiger partial charge on any atom is 0.242 e. The Morgan fingerprint density at radius 2 is 1.72 bits per heavy atom. The molecule has 170 valence electrons. The Morgan fingerprint density at radius 1 is 0.969 bits per heavy atom. The van der Waals surface area contributed by atoms with Crippen molar-refractivity contribution >= 4 is 22.7 Å². The summed E-state index contributed by atoms with van der Waals surface area (Å²) in [5, 5.41) is 6.92. The molecule has 6 nitrogen and oxygen atoms in total. The molecule has 32 heavy (non-hydrogen) atoms. The summed E-state index contributed by atoms with van der Waals surface area (Å²) < 4.78 is 5.68. The highest BCUT2D eigenvalue weighted by Gasteiger charge is 2.23. The summed E-state index contributed by atoms with van der Waals surface area (Å²) in [6, 6.07) is 17.6. The molecule has 2 aromatic carbocycles. The van der Waals surface area contributed by atoms with Gasteiger partial charge in [0.1, 0.15) is 6.04 Å². The van der Waals surface area contributed by atoms with Gasteiger partial charge in [-0.1, -0.05) is 62.4 Å². The Balaban J connectivity index is 1.47. The minimum absolute atomic E-state index is 0.130. The van der Waals surface area contributed by atoms with Crippen LogP contribution in [0.1, 0.15) is 31.4 Å². The van der Waals surface area contributed by atoms with E-state index in [1.807, 2.05) is 62.5 Å². The molecule has 0 aliphatic heterocycles. The average Bonchev–Trinajstić information content (AvgIpc) is 3.21. The SMILES string of the molecule is CC(C)C(=O)NC(Cc1c[nH]c2ccccc12)C(=O)NCCCOCCc1ccccc1. The zero-order valence-electron chi connectivity index (χ0n) is 18.9. The number of hydrogen-bond donors (Lipinski definition) is 3. The van der Waals surface area contributed by atoms with Crippen molar-refractivity contribution in [3.63, 3.8) is 0 Å². The monoisotopic (exact) mass is 435 g/mol. The first-order valence-corrected chi connectivity index (χ1v) is 11.3. The van der Waals surface area contributed by atoms with E-state index >= 15 is 0 Å². The summed E-state index contributed by atoms with van der Waals surface area (Å²) in [7, 11) is 0. The largest absolute Gasteiger partial charge is 0.381 e. The van der Waals surface area contributed by atoms with Gasteiger partial charge in [0.25, 0.3) is 0 Å². The minimum atomic E-state index is -0.622. The second-order valence-corrected chi connectivity index (χ2v) is 8.27. The van der Waals surface area contributed by atoms with Crippen LogP contribution in [0.3, 0.4) is 0 Å². The molecule has 6 heteroatoms. The molecular formula is C26H33N3O3. The highest BCUT2D eigenvalue weighted by atomic mass is 16.5. The fourth-order valence-electron chi connectivity index (χ4n) is 3.51. The van der Waals surface area contributed by atoms with Crippen molar-refractivity contribution in [2.45, 2.75) is 39.2 Å². The molecular weight excluding hydrogens is 402 g/mol. The molecule has 1 heterocycles. The van der Waals surface area contributed by atoms with Crippen molar-refractivity contribution < 1.29 is 14.3 Å². The second kappa shape index (κ2) is 12.1. The van der Waals surface area contributed by atoms with Crippen LogP contribution in [0.25, 0.3) is 10.9 Å². The predicted molar refractivity (Wildman–Crippen MR) is 127 cm³/mol. The Morgan fingerprint density at radius 3 is 2.50 bits per heavy atom. The molecule has 0 saturated carbocycles. The Hall–Kier alpha value is -3.12. The zero-order valence-corrected chi connectivity index (χ0v) is 18.9. The molecule has 0 saturated heterocycles. The van der Waals surface area contributed by atoms with Crippen molar-refractivity contribution in [2.75, 3.05) is 19.8 Å². The number of aromatic nitrogens is 1. The van der Waals surface area contributed by atoms with Gasteiger partial charge in [-0.2, -0.15) is 0 Å². The highest BCUT2D eigenvalue weighted by molar-refractivity contribution is 5.90. The molecule has 0 aliphatic rings. The lowest BCUT2D eigenvalue weighted by Crippen LogP contribution is -2.49. The lowest BCUT2D eigenvalue weighted by molar-refractivity contribution is -0.130. The molecule has 3 aromatic rings. The summed E-state index contributed by atoms with van der Waals surface area (Å²) in [5.41, 5.74) is 3.28. The van der Waals surface area contributed by atoms with Gasteiger partial charge in [0.05, 0.1) is 6.61 Å². The van der Waals surface area contributed by atoms with Gasteiger partial charge in [-0.25, -0.2) is 0 Å². The van der Waals surface area contributed by atoms with E-state index in [-0.39, 0.29) is 17.7 Å². The summed E-state index contributed by atoms with van der Waals surface area (Å²) >= 11 is 0. The van der Waals surface area contributed by atoms with Gasteiger partial charge in [0.2, 0.25) is 11.8 Å². The molecule has 3 rings (SSSR count). The van der Waals surface area contributed by atoms with Crippen LogP contribution in [0.2, 0.25) is 0 Å². The molecule has 0 spiro atoms. The molecule has 3 N–H and O–H groups in total. The molecule has 0 fully saturated rings. The fourth-order valence-corrected chi connectivity index (χ4v) is 3.51. The van der Waals surface area contributed by atoms with E-state index in [1.54, 1.807) is 0 Å². The molecule has 0 radical (unpaired) electrons. The number of benzene rings is 2. The van der Waals surface area contributed by atoms with Gasteiger partial charge in [-0.3, -0.25) is 9.59 Å². The quantitative estimate of drug-likeness (QED) is 0.380. The summed E-state index contributed by atoms with van der Waals surface area (Å²) in [6.45, 7) is 5.39. The summed E-state index contributed by atoms with van der Waals surface area (Å²) in [5.74, 6) is -0.492. The van der Waals surface area contributed by atoms with Crippen LogP contribution in [0.5, 0.6) is 0 Å².